The predicted octanol–water partition coefficient (Wildman–Crippen LogP) is 1.31. The second-order valence-corrected chi connectivity index (χ2v) is 5.99. The topological polar surface area (TPSA) is 93.4 Å². The average molecular weight is 353 g/mol. The van der Waals surface area contributed by atoms with Gasteiger partial charge in [0, 0.05) is 31.7 Å². The number of carbonyl (C=O) groups is 1. The van der Waals surface area contributed by atoms with Gasteiger partial charge in [0.1, 0.15) is 6.04 Å². The van der Waals surface area contributed by atoms with Crippen LogP contribution in [0.15, 0.2) is 47.3 Å². The van der Waals surface area contributed by atoms with Crippen LogP contribution in [0, 0.1) is 0 Å². The highest BCUT2D eigenvalue weighted by molar-refractivity contribution is 5.83. The second-order valence-electron chi connectivity index (χ2n) is 5.99. The lowest BCUT2D eigenvalue weighted by Crippen LogP contribution is -2.45. The molecule has 1 N–H and O–H groups in total. The number of oxazole rings is 1. The summed E-state index contributed by atoms with van der Waals surface area (Å²) in [7, 11) is 0. The van der Waals surface area contributed by atoms with Crippen LogP contribution < -0.4 is 5.32 Å². The Labute approximate surface area is 150 Å². The largest absolute Gasteiger partial charge is 0.437 e. The minimum absolute atomic E-state index is 0.116. The molecule has 0 radical (unpaired) electrons. The minimum atomic E-state index is -0.421. The van der Waals surface area contributed by atoms with Crippen LogP contribution in [0.5, 0.6) is 0 Å². The molecule has 8 nitrogen and oxygen atoms in total. The summed E-state index contributed by atoms with van der Waals surface area (Å²) in [4.78, 5) is 27.6. The van der Waals surface area contributed by atoms with Crippen LogP contribution in [-0.2, 0) is 16.1 Å². The van der Waals surface area contributed by atoms with Gasteiger partial charge in [-0.15, -0.1) is 0 Å². The molecule has 0 saturated carbocycles. The Hall–Kier alpha value is -2.84. The molecule has 8 heteroatoms. The van der Waals surface area contributed by atoms with Crippen molar-refractivity contribution in [1.82, 2.24) is 25.2 Å². The van der Waals surface area contributed by atoms with Crippen molar-refractivity contribution in [3.8, 4) is 0 Å². The highest BCUT2D eigenvalue weighted by Gasteiger charge is 2.29. The summed E-state index contributed by atoms with van der Waals surface area (Å²) < 4.78 is 11.0. The van der Waals surface area contributed by atoms with Gasteiger partial charge in [0.05, 0.1) is 19.8 Å². The third-order valence-corrected chi connectivity index (χ3v) is 4.28. The Morgan fingerprint density at radius 1 is 1.23 bits per heavy atom. The third kappa shape index (κ3) is 3.56. The zero-order chi connectivity index (χ0) is 17.8. The van der Waals surface area contributed by atoms with Crippen molar-refractivity contribution < 1.29 is 13.9 Å². The van der Waals surface area contributed by atoms with Crippen molar-refractivity contribution in [2.24, 2.45) is 0 Å². The first-order chi connectivity index (χ1) is 12.8. The van der Waals surface area contributed by atoms with Crippen molar-refractivity contribution in [2.45, 2.75) is 12.6 Å². The Morgan fingerprint density at radius 2 is 2.08 bits per heavy atom. The molecule has 1 fully saturated rings. The van der Waals surface area contributed by atoms with E-state index in [9.17, 15) is 4.79 Å². The molecule has 134 valence electrons. The number of carbonyl (C=O) groups excluding carboxylic acids is 1. The normalized spacial score (nSPS) is 16.5. The standard InChI is InChI=1S/C18H19N5O3/c24-18(21-12-15-22-17-14(26-15)4-2-6-20-17)16(13-3-1-5-19-11-13)23-7-9-25-10-8-23/h1-6,11,16H,7-10,12H2,(H,21,24). The fourth-order valence-electron chi connectivity index (χ4n) is 3.05. The van der Waals surface area contributed by atoms with Gasteiger partial charge in [-0.3, -0.25) is 14.7 Å². The predicted molar refractivity (Wildman–Crippen MR) is 93.0 cm³/mol. The van der Waals surface area contributed by atoms with Crippen molar-refractivity contribution in [1.29, 1.82) is 0 Å². The molecule has 1 atom stereocenters. The number of amides is 1. The second kappa shape index (κ2) is 7.59. The fraction of sp³-hybridized carbons (Fsp3) is 0.333. The van der Waals surface area contributed by atoms with Gasteiger partial charge in [0.15, 0.2) is 11.2 Å². The van der Waals surface area contributed by atoms with Crippen molar-refractivity contribution >= 4 is 17.1 Å². The molecule has 3 aromatic rings. The monoisotopic (exact) mass is 353 g/mol. The Bertz CT molecular complexity index is 844. The van der Waals surface area contributed by atoms with Gasteiger partial charge in [-0.2, -0.15) is 4.98 Å². The summed E-state index contributed by atoms with van der Waals surface area (Å²) in [6.45, 7) is 2.82. The Balaban J connectivity index is 1.50. The molecular formula is C18H19N5O3. The molecule has 3 aromatic heterocycles. The molecule has 1 amide bonds. The van der Waals surface area contributed by atoms with Crippen LogP contribution in [-0.4, -0.2) is 52.1 Å². The van der Waals surface area contributed by atoms with E-state index in [0.717, 1.165) is 5.56 Å². The molecule has 26 heavy (non-hydrogen) atoms. The lowest BCUT2D eigenvalue weighted by molar-refractivity contribution is -0.128. The lowest BCUT2D eigenvalue weighted by Gasteiger charge is -2.33. The number of hydrogen-bond donors (Lipinski definition) is 1. The van der Waals surface area contributed by atoms with Gasteiger partial charge in [-0.1, -0.05) is 6.07 Å². The van der Waals surface area contributed by atoms with E-state index in [0.29, 0.717) is 43.4 Å². The zero-order valence-corrected chi connectivity index (χ0v) is 14.2. The van der Waals surface area contributed by atoms with Crippen LogP contribution in [0.1, 0.15) is 17.5 Å². The van der Waals surface area contributed by atoms with Crippen LogP contribution in [0.2, 0.25) is 0 Å². The van der Waals surface area contributed by atoms with E-state index in [-0.39, 0.29) is 12.5 Å². The maximum Gasteiger partial charge on any atom is 0.242 e. The third-order valence-electron chi connectivity index (χ3n) is 4.28. The summed E-state index contributed by atoms with van der Waals surface area (Å²) in [6, 6.07) is 6.91. The number of nitrogens with one attached hydrogen (secondary N) is 1. The first kappa shape index (κ1) is 16.6. The molecule has 1 aliphatic rings. The molecule has 0 aliphatic carbocycles. The quantitative estimate of drug-likeness (QED) is 0.739. The van der Waals surface area contributed by atoms with E-state index in [1.54, 1.807) is 30.7 Å². The number of nitrogens with zero attached hydrogens (tertiary/aromatic N) is 4. The summed E-state index contributed by atoms with van der Waals surface area (Å²) in [5, 5.41) is 2.92. The Kier molecular flexibility index (Phi) is 4.85. The molecule has 0 bridgehead atoms. The highest BCUT2D eigenvalue weighted by atomic mass is 16.5. The highest BCUT2D eigenvalue weighted by Crippen LogP contribution is 2.22. The molecule has 4 heterocycles. The van der Waals surface area contributed by atoms with Crippen LogP contribution in [0.25, 0.3) is 11.2 Å². The van der Waals surface area contributed by atoms with E-state index in [2.05, 4.69) is 25.2 Å². The Morgan fingerprint density at radius 3 is 2.85 bits per heavy atom. The van der Waals surface area contributed by atoms with Crippen molar-refractivity contribution in [2.75, 3.05) is 26.3 Å². The number of ether oxygens (including phenoxy) is 1. The summed E-state index contributed by atoms with van der Waals surface area (Å²) in [5.74, 6) is 0.314. The van der Waals surface area contributed by atoms with Gasteiger partial charge in [-0.25, -0.2) is 4.98 Å². The molecule has 1 unspecified atom stereocenters. The number of aromatic nitrogens is 3. The van der Waals surface area contributed by atoms with E-state index in [1.165, 1.54) is 0 Å². The van der Waals surface area contributed by atoms with Crippen LogP contribution in [0.4, 0.5) is 0 Å². The lowest BCUT2D eigenvalue weighted by atomic mass is 10.1. The van der Waals surface area contributed by atoms with Gasteiger partial charge >= 0.3 is 0 Å². The SMILES string of the molecule is O=C(NCc1nc2ncccc2o1)C(c1cccnc1)N1CCOCC1. The number of rotatable bonds is 5. The number of pyridine rings is 2. The van der Waals surface area contributed by atoms with Gasteiger partial charge in [0.2, 0.25) is 11.8 Å². The summed E-state index contributed by atoms with van der Waals surface area (Å²) in [6.07, 6.45) is 5.08. The number of hydrogen-bond acceptors (Lipinski definition) is 7. The molecular weight excluding hydrogens is 334 g/mol. The molecule has 4 rings (SSSR count). The fourth-order valence-corrected chi connectivity index (χ4v) is 3.05. The van der Waals surface area contributed by atoms with Gasteiger partial charge in [-0.05, 0) is 23.8 Å². The van der Waals surface area contributed by atoms with Gasteiger partial charge in [0.25, 0.3) is 0 Å². The summed E-state index contributed by atoms with van der Waals surface area (Å²) >= 11 is 0. The minimum Gasteiger partial charge on any atom is -0.437 e. The summed E-state index contributed by atoms with van der Waals surface area (Å²) in [5.41, 5.74) is 1.99. The van der Waals surface area contributed by atoms with Crippen LogP contribution in [0.3, 0.4) is 0 Å². The average Bonchev–Trinajstić information content (AvgIpc) is 3.11. The van der Waals surface area contributed by atoms with E-state index in [4.69, 9.17) is 9.15 Å². The molecule has 1 aliphatic heterocycles. The van der Waals surface area contributed by atoms with Crippen LogP contribution >= 0.6 is 0 Å². The smallest absolute Gasteiger partial charge is 0.242 e. The first-order valence-corrected chi connectivity index (χ1v) is 8.51. The number of fused-ring (bicyclic) bond motifs is 1. The van der Waals surface area contributed by atoms with Crippen molar-refractivity contribution in [3.05, 3.63) is 54.3 Å². The van der Waals surface area contributed by atoms with Gasteiger partial charge < -0.3 is 14.5 Å². The van der Waals surface area contributed by atoms with E-state index < -0.39 is 6.04 Å². The molecule has 1 saturated heterocycles. The maximum atomic E-state index is 12.9. The number of morpholine rings is 1. The molecule has 0 aromatic carbocycles. The molecule has 0 spiro atoms. The maximum absolute atomic E-state index is 12.9. The van der Waals surface area contributed by atoms with Crippen molar-refractivity contribution in [3.63, 3.8) is 0 Å². The van der Waals surface area contributed by atoms with E-state index in [1.807, 2.05) is 12.1 Å². The first-order valence-electron chi connectivity index (χ1n) is 8.51. The van der Waals surface area contributed by atoms with E-state index >= 15 is 0 Å². The zero-order valence-electron chi connectivity index (χ0n) is 14.2.